The summed E-state index contributed by atoms with van der Waals surface area (Å²) >= 11 is 0. The number of morpholine rings is 1. The summed E-state index contributed by atoms with van der Waals surface area (Å²) in [5.74, 6) is 0.0246. The monoisotopic (exact) mass is 470 g/mol. The first-order valence-electron chi connectivity index (χ1n) is 12.4. The zero-order valence-corrected chi connectivity index (χ0v) is 19.9. The largest absolute Gasteiger partial charge is 0.448 e. The maximum absolute atomic E-state index is 13.4. The van der Waals surface area contributed by atoms with E-state index in [-0.39, 0.29) is 24.1 Å². The molecule has 1 aliphatic carbocycles. The van der Waals surface area contributed by atoms with Crippen molar-refractivity contribution in [2.24, 2.45) is 0 Å². The van der Waals surface area contributed by atoms with Crippen molar-refractivity contribution < 1.29 is 19.4 Å². The molecule has 0 saturated carbocycles. The Balaban J connectivity index is 1.17. The topological polar surface area (TPSA) is 71.9 Å². The Morgan fingerprint density at radius 3 is 2.26 bits per heavy atom. The third kappa shape index (κ3) is 4.11. The van der Waals surface area contributed by atoms with E-state index in [0.717, 1.165) is 11.4 Å². The second-order valence-electron chi connectivity index (χ2n) is 10.1. The molecule has 2 fully saturated rings. The van der Waals surface area contributed by atoms with Crippen molar-refractivity contribution in [2.75, 3.05) is 19.8 Å². The second-order valence-corrected chi connectivity index (χ2v) is 10.1. The number of aliphatic hydroxyl groups is 1. The van der Waals surface area contributed by atoms with Gasteiger partial charge in [0.15, 0.2) is 0 Å². The highest BCUT2D eigenvalue weighted by atomic mass is 16.6. The second kappa shape index (κ2) is 8.77. The van der Waals surface area contributed by atoms with E-state index in [0.29, 0.717) is 39.1 Å². The molecule has 1 N–H and O–H groups in total. The van der Waals surface area contributed by atoms with Gasteiger partial charge in [-0.05, 0) is 54.2 Å². The van der Waals surface area contributed by atoms with Gasteiger partial charge in [-0.1, -0.05) is 54.6 Å². The molecule has 3 aromatic rings. The Bertz CT molecular complexity index is 1200. The van der Waals surface area contributed by atoms with Gasteiger partial charge in [0.25, 0.3) is 0 Å². The van der Waals surface area contributed by atoms with Gasteiger partial charge in [0.05, 0.1) is 30.9 Å². The molecular weight excluding hydrogens is 440 g/mol. The van der Waals surface area contributed by atoms with E-state index in [9.17, 15) is 9.90 Å². The van der Waals surface area contributed by atoms with E-state index < -0.39 is 5.60 Å². The van der Waals surface area contributed by atoms with Crippen LogP contribution in [0.25, 0.3) is 11.1 Å². The van der Waals surface area contributed by atoms with Gasteiger partial charge in [-0.15, -0.1) is 0 Å². The molecule has 180 valence electrons. The Morgan fingerprint density at radius 2 is 1.63 bits per heavy atom. The normalized spacial score (nSPS) is 25.1. The molecule has 6 heteroatoms. The molecule has 2 unspecified atom stereocenters. The number of aromatic nitrogens is 1. The maximum Gasteiger partial charge on any atom is 0.410 e. The van der Waals surface area contributed by atoms with Gasteiger partial charge in [-0.3, -0.25) is 9.88 Å². The van der Waals surface area contributed by atoms with E-state index in [1.54, 1.807) is 0 Å². The summed E-state index contributed by atoms with van der Waals surface area (Å²) in [4.78, 5) is 19.7. The number of rotatable bonds is 4. The lowest BCUT2D eigenvalue weighted by Crippen LogP contribution is -2.64. The van der Waals surface area contributed by atoms with Crippen molar-refractivity contribution in [3.8, 4) is 11.1 Å². The minimum absolute atomic E-state index is 0.0246. The summed E-state index contributed by atoms with van der Waals surface area (Å²) in [7, 11) is 0. The lowest BCUT2D eigenvalue weighted by molar-refractivity contribution is -0.132. The molecule has 35 heavy (non-hydrogen) atoms. The molecule has 1 amide bonds. The number of aryl methyl sites for hydroxylation is 1. The first kappa shape index (κ1) is 22.3. The zero-order valence-electron chi connectivity index (χ0n) is 19.9. The van der Waals surface area contributed by atoms with Crippen LogP contribution in [0.1, 0.15) is 41.3 Å². The number of hydrogen-bond donors (Lipinski definition) is 1. The average molecular weight is 471 g/mol. The van der Waals surface area contributed by atoms with Gasteiger partial charge in [0.2, 0.25) is 0 Å². The van der Waals surface area contributed by atoms with E-state index in [1.807, 2.05) is 54.3 Å². The van der Waals surface area contributed by atoms with Crippen LogP contribution in [0.2, 0.25) is 0 Å². The highest BCUT2D eigenvalue weighted by molar-refractivity contribution is 5.79. The number of hydrogen-bond acceptors (Lipinski definition) is 5. The molecule has 2 saturated heterocycles. The number of amides is 1. The van der Waals surface area contributed by atoms with Crippen molar-refractivity contribution in [3.05, 3.63) is 89.2 Å². The quantitative estimate of drug-likeness (QED) is 0.609. The smallest absolute Gasteiger partial charge is 0.410 e. The lowest BCUT2D eigenvalue weighted by atomic mass is 9.78. The Morgan fingerprint density at radius 1 is 1.00 bits per heavy atom. The van der Waals surface area contributed by atoms with E-state index in [4.69, 9.17) is 9.47 Å². The molecular formula is C29H30N2O4. The van der Waals surface area contributed by atoms with E-state index in [2.05, 4.69) is 29.2 Å². The van der Waals surface area contributed by atoms with Crippen molar-refractivity contribution in [2.45, 2.75) is 49.8 Å². The fourth-order valence-corrected chi connectivity index (χ4v) is 6.22. The molecule has 2 bridgehead atoms. The molecule has 6 nitrogen and oxygen atoms in total. The van der Waals surface area contributed by atoms with Crippen LogP contribution in [0.15, 0.2) is 66.7 Å². The fraction of sp³-hybridized carbons (Fsp3) is 0.379. The molecule has 0 radical (unpaired) electrons. The molecule has 3 aliphatic rings. The predicted octanol–water partition coefficient (Wildman–Crippen LogP) is 4.48. The number of ether oxygens (including phenoxy) is 2. The van der Waals surface area contributed by atoms with Crippen LogP contribution in [-0.4, -0.2) is 58.6 Å². The number of piperidine rings is 1. The SMILES string of the molecule is Cc1cccc(CC2(O)CC3COCC(C2)N3C(=O)OCC2c3ccccc3-c3ccccc32)n1. The molecule has 1 aromatic heterocycles. The van der Waals surface area contributed by atoms with Gasteiger partial charge in [-0.2, -0.15) is 0 Å². The summed E-state index contributed by atoms with van der Waals surface area (Å²) in [6.07, 6.45) is 1.05. The minimum Gasteiger partial charge on any atom is -0.448 e. The summed E-state index contributed by atoms with van der Waals surface area (Å²) < 4.78 is 11.7. The lowest BCUT2D eigenvalue weighted by Gasteiger charge is -2.50. The first-order valence-corrected chi connectivity index (χ1v) is 12.4. The van der Waals surface area contributed by atoms with Crippen LogP contribution in [0.5, 0.6) is 0 Å². The molecule has 6 rings (SSSR count). The van der Waals surface area contributed by atoms with Crippen LogP contribution < -0.4 is 0 Å². The molecule has 0 spiro atoms. The number of carbonyl (C=O) groups is 1. The Hall–Kier alpha value is -3.22. The number of nitrogens with zero attached hydrogens (tertiary/aromatic N) is 2. The zero-order chi connectivity index (χ0) is 24.0. The molecule has 3 heterocycles. The van der Waals surface area contributed by atoms with Crippen LogP contribution in [-0.2, 0) is 15.9 Å². The summed E-state index contributed by atoms with van der Waals surface area (Å²) in [6.45, 7) is 3.06. The van der Waals surface area contributed by atoms with Gasteiger partial charge in [-0.25, -0.2) is 4.79 Å². The van der Waals surface area contributed by atoms with Crippen LogP contribution in [0.3, 0.4) is 0 Å². The van der Waals surface area contributed by atoms with Crippen LogP contribution >= 0.6 is 0 Å². The third-order valence-electron chi connectivity index (χ3n) is 7.64. The fourth-order valence-electron chi connectivity index (χ4n) is 6.22. The summed E-state index contributed by atoms with van der Waals surface area (Å²) in [5.41, 5.74) is 5.71. The van der Waals surface area contributed by atoms with Crippen molar-refractivity contribution in [1.29, 1.82) is 0 Å². The van der Waals surface area contributed by atoms with Crippen LogP contribution in [0, 0.1) is 6.92 Å². The number of carbonyl (C=O) groups excluding carboxylic acids is 1. The van der Waals surface area contributed by atoms with Crippen molar-refractivity contribution in [1.82, 2.24) is 9.88 Å². The van der Waals surface area contributed by atoms with Gasteiger partial charge in [0.1, 0.15) is 6.61 Å². The predicted molar refractivity (Wildman–Crippen MR) is 132 cm³/mol. The Kier molecular flexibility index (Phi) is 5.58. The van der Waals surface area contributed by atoms with Gasteiger partial charge >= 0.3 is 6.09 Å². The van der Waals surface area contributed by atoms with E-state index >= 15 is 0 Å². The summed E-state index contributed by atoms with van der Waals surface area (Å²) in [5, 5.41) is 11.5. The van der Waals surface area contributed by atoms with Gasteiger partial charge in [0, 0.05) is 23.7 Å². The Labute approximate surface area is 205 Å². The molecule has 2 aliphatic heterocycles. The van der Waals surface area contributed by atoms with E-state index in [1.165, 1.54) is 22.3 Å². The van der Waals surface area contributed by atoms with Crippen molar-refractivity contribution >= 4 is 6.09 Å². The highest BCUT2D eigenvalue weighted by Gasteiger charge is 2.49. The average Bonchev–Trinajstić information content (AvgIpc) is 3.15. The van der Waals surface area contributed by atoms with Crippen LogP contribution in [0.4, 0.5) is 4.79 Å². The standard InChI is InChI=1S/C29H30N2O4/c1-19-7-6-8-20(30-19)13-29(33)14-21-16-34-17-22(15-29)31(21)28(32)35-18-27-25-11-4-2-9-23(25)24-10-3-5-12-26(24)27/h2-12,21-22,27,33H,13-18H2,1H3. The highest BCUT2D eigenvalue weighted by Crippen LogP contribution is 2.45. The minimum atomic E-state index is -0.917. The number of fused-ring (bicyclic) bond motifs is 5. The number of benzene rings is 2. The third-order valence-corrected chi connectivity index (χ3v) is 7.64. The molecule has 2 atom stereocenters. The maximum atomic E-state index is 13.4. The van der Waals surface area contributed by atoms with Gasteiger partial charge < -0.3 is 14.6 Å². The van der Waals surface area contributed by atoms with Crippen molar-refractivity contribution in [3.63, 3.8) is 0 Å². The summed E-state index contributed by atoms with van der Waals surface area (Å²) in [6, 6.07) is 22.1. The number of pyridine rings is 1. The first-order chi connectivity index (χ1) is 17.0. The molecule has 2 aromatic carbocycles.